The molecule has 1 rings (SSSR count). The predicted molar refractivity (Wildman–Crippen MR) is 91.7 cm³/mol. The molecule has 0 aliphatic heterocycles. The van der Waals surface area contributed by atoms with E-state index in [0.29, 0.717) is 12.8 Å². The van der Waals surface area contributed by atoms with Crippen LogP contribution in [0.3, 0.4) is 0 Å². The second-order valence-electron chi connectivity index (χ2n) is 7.05. The van der Waals surface area contributed by atoms with E-state index in [9.17, 15) is 9.59 Å². The highest BCUT2D eigenvalue weighted by molar-refractivity contribution is 7.80. The van der Waals surface area contributed by atoms with E-state index in [4.69, 9.17) is 22.1 Å². The zero-order valence-corrected chi connectivity index (χ0v) is 15.2. The van der Waals surface area contributed by atoms with E-state index < -0.39 is 17.8 Å². The van der Waals surface area contributed by atoms with E-state index >= 15 is 0 Å². The van der Waals surface area contributed by atoms with Gasteiger partial charge in [0, 0.05) is 20.0 Å². The molecule has 1 fully saturated rings. The molecule has 0 saturated heterocycles. The molecule has 1 aliphatic carbocycles. The quantitative estimate of drug-likeness (QED) is 0.679. The van der Waals surface area contributed by atoms with E-state index in [2.05, 4.69) is 10.6 Å². The first-order chi connectivity index (χ1) is 10.5. The Labute approximate surface area is 142 Å². The number of nitrogens with zero attached hydrogens (tertiary/aromatic N) is 1. The number of thiocarbonyl (C=S) groups is 1. The van der Waals surface area contributed by atoms with Gasteiger partial charge in [-0.05, 0) is 40.0 Å². The minimum atomic E-state index is -1.10. The molecule has 3 atom stereocenters. The summed E-state index contributed by atoms with van der Waals surface area (Å²) in [7, 11) is 3.78. The standard InChI is InChI=1S/C15H27N3O4S/c1-15(2,3)22-14(21)17-11-8-9(12(23)18(4)5)6-7-10(11)16-13(19)20/h9-11,16H,6-8H2,1-5H3,(H,17,21)(H,19,20)/t9-,10-,11+/m0/s1. The second-order valence-corrected chi connectivity index (χ2v) is 7.47. The van der Waals surface area contributed by atoms with Gasteiger partial charge >= 0.3 is 12.2 Å². The number of ether oxygens (including phenoxy) is 1. The van der Waals surface area contributed by atoms with Crippen LogP contribution in [0.5, 0.6) is 0 Å². The van der Waals surface area contributed by atoms with Gasteiger partial charge in [-0.25, -0.2) is 9.59 Å². The predicted octanol–water partition coefficient (Wildman–Crippen LogP) is 2.21. The van der Waals surface area contributed by atoms with Gasteiger partial charge in [0.1, 0.15) is 5.60 Å². The van der Waals surface area contributed by atoms with Crippen molar-refractivity contribution in [3.63, 3.8) is 0 Å². The van der Waals surface area contributed by atoms with E-state index in [1.54, 1.807) is 20.8 Å². The molecule has 23 heavy (non-hydrogen) atoms. The normalized spacial score (nSPS) is 24.5. The molecule has 7 nitrogen and oxygen atoms in total. The second kappa shape index (κ2) is 7.81. The van der Waals surface area contributed by atoms with E-state index in [1.807, 2.05) is 19.0 Å². The fourth-order valence-electron chi connectivity index (χ4n) is 2.71. The topological polar surface area (TPSA) is 90.9 Å². The zero-order valence-electron chi connectivity index (χ0n) is 14.4. The van der Waals surface area contributed by atoms with Crippen LogP contribution >= 0.6 is 12.2 Å². The zero-order chi connectivity index (χ0) is 17.8. The van der Waals surface area contributed by atoms with Crippen LogP contribution in [0, 0.1) is 5.92 Å². The van der Waals surface area contributed by atoms with Crippen molar-refractivity contribution < 1.29 is 19.4 Å². The van der Waals surface area contributed by atoms with Crippen LogP contribution in [0.25, 0.3) is 0 Å². The van der Waals surface area contributed by atoms with Crippen LogP contribution in [0.1, 0.15) is 40.0 Å². The fourth-order valence-corrected chi connectivity index (χ4v) is 2.92. The molecule has 0 heterocycles. The fraction of sp³-hybridized carbons (Fsp3) is 0.800. The lowest BCUT2D eigenvalue weighted by Gasteiger charge is -2.38. The number of carboxylic acid groups (broad SMARTS) is 1. The van der Waals surface area contributed by atoms with Crippen molar-refractivity contribution in [2.24, 2.45) is 5.92 Å². The van der Waals surface area contributed by atoms with Crippen LogP contribution < -0.4 is 10.6 Å². The van der Waals surface area contributed by atoms with Crippen molar-refractivity contribution in [3.8, 4) is 0 Å². The Kier molecular flexibility index (Phi) is 6.61. The third kappa shape index (κ3) is 6.60. The maximum Gasteiger partial charge on any atom is 0.407 e. The van der Waals surface area contributed by atoms with Gasteiger partial charge in [-0.15, -0.1) is 0 Å². The maximum absolute atomic E-state index is 12.0. The van der Waals surface area contributed by atoms with Crippen molar-refractivity contribution in [1.82, 2.24) is 15.5 Å². The van der Waals surface area contributed by atoms with Gasteiger partial charge in [0.05, 0.1) is 17.1 Å². The molecule has 1 saturated carbocycles. The van der Waals surface area contributed by atoms with Gasteiger partial charge < -0.3 is 25.4 Å². The van der Waals surface area contributed by atoms with Crippen molar-refractivity contribution in [1.29, 1.82) is 0 Å². The van der Waals surface area contributed by atoms with Gasteiger partial charge in [0.15, 0.2) is 0 Å². The molecule has 2 amide bonds. The van der Waals surface area contributed by atoms with Crippen LogP contribution in [0.4, 0.5) is 9.59 Å². The lowest BCUT2D eigenvalue weighted by Crippen LogP contribution is -2.56. The van der Waals surface area contributed by atoms with Crippen molar-refractivity contribution >= 4 is 29.4 Å². The summed E-state index contributed by atoms with van der Waals surface area (Å²) in [6, 6.07) is -0.696. The van der Waals surface area contributed by atoms with Crippen molar-refractivity contribution in [3.05, 3.63) is 0 Å². The first-order valence-corrected chi connectivity index (χ1v) is 8.10. The average molecular weight is 345 g/mol. The number of nitrogens with one attached hydrogen (secondary N) is 2. The largest absolute Gasteiger partial charge is 0.465 e. The average Bonchev–Trinajstić information content (AvgIpc) is 2.36. The molecule has 132 valence electrons. The highest BCUT2D eigenvalue weighted by Crippen LogP contribution is 2.27. The van der Waals surface area contributed by atoms with Crippen molar-refractivity contribution in [2.75, 3.05) is 14.1 Å². The van der Waals surface area contributed by atoms with Crippen molar-refractivity contribution in [2.45, 2.75) is 57.7 Å². The Morgan fingerprint density at radius 1 is 1.17 bits per heavy atom. The van der Waals surface area contributed by atoms with Gasteiger partial charge in [-0.1, -0.05) is 12.2 Å². The summed E-state index contributed by atoms with van der Waals surface area (Å²) >= 11 is 5.42. The third-order valence-electron chi connectivity index (χ3n) is 3.65. The molecule has 1 aliphatic rings. The first kappa shape index (κ1) is 19.5. The van der Waals surface area contributed by atoms with Gasteiger partial charge in [-0.3, -0.25) is 0 Å². The number of hydrogen-bond acceptors (Lipinski definition) is 4. The molecule has 0 aromatic heterocycles. The first-order valence-electron chi connectivity index (χ1n) is 7.69. The summed E-state index contributed by atoms with van der Waals surface area (Å²) in [5.41, 5.74) is -0.604. The maximum atomic E-state index is 12.0. The molecule has 0 spiro atoms. The summed E-state index contributed by atoms with van der Waals surface area (Å²) in [6.07, 6.45) is 0.344. The number of hydrogen-bond donors (Lipinski definition) is 3. The SMILES string of the molecule is CN(C)C(=S)[C@H]1CC[C@H](NC(=O)O)[C@H](NC(=O)OC(C)(C)C)C1. The number of carbonyl (C=O) groups excluding carboxylic acids is 1. The Bertz CT molecular complexity index is 462. The van der Waals surface area contributed by atoms with E-state index in [-0.39, 0.29) is 18.0 Å². The number of rotatable bonds is 3. The molecule has 8 heteroatoms. The lowest BCUT2D eigenvalue weighted by molar-refractivity contribution is 0.0472. The van der Waals surface area contributed by atoms with Gasteiger partial charge in [0.2, 0.25) is 0 Å². The number of carbonyl (C=O) groups is 2. The molecule has 0 aromatic rings. The van der Waals surface area contributed by atoms with Crippen LogP contribution in [0.2, 0.25) is 0 Å². The van der Waals surface area contributed by atoms with Crippen LogP contribution in [-0.4, -0.2) is 59.0 Å². The molecule has 0 bridgehead atoms. The van der Waals surface area contributed by atoms with Crippen LogP contribution in [-0.2, 0) is 4.74 Å². The van der Waals surface area contributed by atoms with E-state index in [0.717, 1.165) is 11.4 Å². The Hall–Kier alpha value is -1.57. The Balaban J connectivity index is 2.78. The summed E-state index contributed by atoms with van der Waals surface area (Å²) in [6.45, 7) is 5.35. The summed E-state index contributed by atoms with van der Waals surface area (Å²) < 4.78 is 5.27. The number of amides is 2. The Morgan fingerprint density at radius 3 is 2.26 bits per heavy atom. The Morgan fingerprint density at radius 2 is 1.78 bits per heavy atom. The lowest BCUT2D eigenvalue weighted by atomic mass is 9.82. The monoisotopic (exact) mass is 345 g/mol. The number of alkyl carbamates (subject to hydrolysis) is 1. The smallest absolute Gasteiger partial charge is 0.407 e. The summed E-state index contributed by atoms with van der Waals surface area (Å²) in [4.78, 5) is 25.7. The van der Waals surface area contributed by atoms with Crippen LogP contribution in [0.15, 0.2) is 0 Å². The van der Waals surface area contributed by atoms with Gasteiger partial charge in [0.25, 0.3) is 0 Å². The highest BCUT2D eigenvalue weighted by Gasteiger charge is 2.35. The minimum absolute atomic E-state index is 0.131. The summed E-state index contributed by atoms with van der Waals surface area (Å²) in [5.74, 6) is 0.131. The minimum Gasteiger partial charge on any atom is -0.465 e. The molecular weight excluding hydrogens is 318 g/mol. The molecular formula is C15H27N3O4S. The van der Waals surface area contributed by atoms with Gasteiger partial charge in [-0.2, -0.15) is 0 Å². The molecule has 0 aromatic carbocycles. The molecule has 0 radical (unpaired) electrons. The third-order valence-corrected chi connectivity index (χ3v) is 4.35. The summed E-state index contributed by atoms with van der Waals surface area (Å²) in [5, 5.41) is 14.2. The molecule has 0 unspecified atom stereocenters. The van der Waals surface area contributed by atoms with E-state index in [1.165, 1.54) is 0 Å². The molecule has 3 N–H and O–H groups in total. The highest BCUT2D eigenvalue weighted by atomic mass is 32.1.